The summed E-state index contributed by atoms with van der Waals surface area (Å²) in [6, 6.07) is 0.814. The predicted molar refractivity (Wildman–Crippen MR) is 139 cm³/mol. The van der Waals surface area contributed by atoms with Gasteiger partial charge in [0.1, 0.15) is 12.2 Å². The van der Waals surface area contributed by atoms with Gasteiger partial charge >= 0.3 is 11.9 Å². The summed E-state index contributed by atoms with van der Waals surface area (Å²) in [7, 11) is 0. The Labute approximate surface area is 218 Å². The van der Waals surface area contributed by atoms with Gasteiger partial charge in [0, 0.05) is 38.9 Å². The van der Waals surface area contributed by atoms with Crippen molar-refractivity contribution in [2.75, 3.05) is 13.1 Å². The maximum atomic E-state index is 12.2. The van der Waals surface area contributed by atoms with Gasteiger partial charge in [0.15, 0.2) is 0 Å². The molecule has 0 amide bonds. The average Bonchev–Trinajstić information content (AvgIpc) is 3.19. The summed E-state index contributed by atoms with van der Waals surface area (Å²) in [4.78, 5) is 26.8. The van der Waals surface area contributed by atoms with E-state index in [0.717, 1.165) is 73.2 Å². The molecule has 4 saturated carbocycles. The fraction of sp³-hybridized carbons (Fsp3) is 0.935. The molecule has 0 aromatic carbocycles. The normalized spacial score (nSPS) is 52.1. The standard InChI is InChI=1S/C31H49NO4/c1-17-6-9-29-18(2)22-7-8-23-24(26(22)16-32(29)15-17)13-27-25(23)14-30(36-20(4)34)28-12-21(35-19(3)33)10-11-31(27,28)5/h17-18,21-30H,6-16H2,1-5H3/t17-,18-,21-,22-,23-,24-,25+,26-,27+,28-,29+,30-,31-/m1/s1. The van der Waals surface area contributed by atoms with E-state index in [1.165, 1.54) is 52.1 Å². The van der Waals surface area contributed by atoms with Crippen molar-refractivity contribution in [2.45, 2.75) is 111 Å². The van der Waals surface area contributed by atoms with Crippen LogP contribution in [-0.4, -0.2) is 48.2 Å². The first kappa shape index (κ1) is 25.2. The van der Waals surface area contributed by atoms with Crippen LogP contribution in [0, 0.1) is 58.7 Å². The van der Waals surface area contributed by atoms with Crippen molar-refractivity contribution in [3.63, 3.8) is 0 Å². The largest absolute Gasteiger partial charge is 0.463 e. The molecule has 202 valence electrons. The van der Waals surface area contributed by atoms with Crippen molar-refractivity contribution in [3.8, 4) is 0 Å². The van der Waals surface area contributed by atoms with Crippen molar-refractivity contribution in [1.82, 2.24) is 4.90 Å². The molecule has 6 rings (SSSR count). The van der Waals surface area contributed by atoms with E-state index in [1.54, 1.807) is 6.92 Å². The van der Waals surface area contributed by atoms with Crippen LogP contribution in [0.15, 0.2) is 0 Å². The molecule has 0 radical (unpaired) electrons. The third-order valence-electron chi connectivity index (χ3n) is 12.6. The van der Waals surface area contributed by atoms with Crippen LogP contribution in [0.1, 0.15) is 92.4 Å². The first-order valence-corrected chi connectivity index (χ1v) is 15.2. The third kappa shape index (κ3) is 4.05. The summed E-state index contributed by atoms with van der Waals surface area (Å²) in [5, 5.41) is 0. The van der Waals surface area contributed by atoms with Crippen molar-refractivity contribution < 1.29 is 19.1 Å². The number of carbonyl (C=O) groups excluding carboxylic acids is 2. The summed E-state index contributed by atoms with van der Waals surface area (Å²) in [5.74, 6) is 6.40. The molecule has 0 N–H and O–H groups in total. The second-order valence-corrected chi connectivity index (χ2v) is 14.3. The number of ether oxygens (including phenoxy) is 2. The lowest BCUT2D eigenvalue weighted by atomic mass is 9.51. The van der Waals surface area contributed by atoms with E-state index >= 15 is 0 Å². The monoisotopic (exact) mass is 499 g/mol. The second-order valence-electron chi connectivity index (χ2n) is 14.3. The highest BCUT2D eigenvalue weighted by Gasteiger charge is 2.63. The maximum Gasteiger partial charge on any atom is 0.302 e. The van der Waals surface area contributed by atoms with Crippen molar-refractivity contribution >= 4 is 11.9 Å². The van der Waals surface area contributed by atoms with Crippen LogP contribution in [0.5, 0.6) is 0 Å². The number of fused-ring (bicyclic) bond motifs is 8. The molecule has 0 bridgehead atoms. The summed E-state index contributed by atoms with van der Waals surface area (Å²) < 4.78 is 11.8. The molecule has 0 unspecified atom stereocenters. The lowest BCUT2D eigenvalue weighted by Crippen LogP contribution is -2.58. The molecular formula is C31H49NO4. The number of piperidine rings is 2. The molecule has 5 heteroatoms. The first-order valence-electron chi connectivity index (χ1n) is 15.2. The summed E-state index contributed by atoms with van der Waals surface area (Å²) in [5.41, 5.74) is 0.176. The van der Waals surface area contributed by atoms with E-state index in [-0.39, 0.29) is 29.6 Å². The van der Waals surface area contributed by atoms with Crippen molar-refractivity contribution in [3.05, 3.63) is 0 Å². The second kappa shape index (κ2) is 9.27. The van der Waals surface area contributed by atoms with Gasteiger partial charge in [0.05, 0.1) is 0 Å². The van der Waals surface area contributed by atoms with Gasteiger partial charge in [-0.25, -0.2) is 0 Å². The Morgan fingerprint density at radius 2 is 1.50 bits per heavy atom. The topological polar surface area (TPSA) is 55.8 Å². The molecule has 0 aromatic rings. The first-order chi connectivity index (χ1) is 17.2. The molecule has 6 aliphatic rings. The zero-order valence-electron chi connectivity index (χ0n) is 23.3. The van der Waals surface area contributed by atoms with Crippen LogP contribution < -0.4 is 0 Å². The van der Waals surface area contributed by atoms with Crippen LogP contribution in [0.25, 0.3) is 0 Å². The van der Waals surface area contributed by atoms with Gasteiger partial charge in [0.25, 0.3) is 0 Å². The highest BCUT2D eigenvalue weighted by Crippen LogP contribution is 2.67. The van der Waals surface area contributed by atoms with Gasteiger partial charge in [-0.15, -0.1) is 0 Å². The van der Waals surface area contributed by atoms with Gasteiger partial charge < -0.3 is 9.47 Å². The molecular weight excluding hydrogens is 450 g/mol. The minimum Gasteiger partial charge on any atom is -0.463 e. The van der Waals surface area contributed by atoms with Crippen molar-refractivity contribution in [2.24, 2.45) is 58.7 Å². The van der Waals surface area contributed by atoms with Crippen LogP contribution in [-0.2, 0) is 19.1 Å². The minimum atomic E-state index is -0.184. The number of hydrogen-bond donors (Lipinski definition) is 0. The van der Waals surface area contributed by atoms with Gasteiger partial charge in [-0.1, -0.05) is 20.8 Å². The Morgan fingerprint density at radius 3 is 2.25 bits per heavy atom. The van der Waals surface area contributed by atoms with Gasteiger partial charge in [-0.2, -0.15) is 0 Å². The lowest BCUT2D eigenvalue weighted by molar-refractivity contribution is -0.180. The zero-order valence-corrected chi connectivity index (χ0v) is 23.3. The Morgan fingerprint density at radius 1 is 0.750 bits per heavy atom. The molecule has 2 saturated heterocycles. The number of carbonyl (C=O) groups is 2. The fourth-order valence-electron chi connectivity index (χ4n) is 11.2. The highest BCUT2D eigenvalue weighted by atomic mass is 16.5. The molecule has 13 atom stereocenters. The molecule has 36 heavy (non-hydrogen) atoms. The SMILES string of the molecule is CC(=O)O[C@@H]1CC[C@@]2(C)[C@H](C1)[C@H](OC(C)=O)C[C@H]1[C@@H]3CC[C@@H]4[C@@H](C)[C@@H]5CC[C@@H](C)CN5C[C@H]4[C@@H]3C[C@@H]12. The van der Waals surface area contributed by atoms with E-state index in [2.05, 4.69) is 25.7 Å². The molecule has 2 aliphatic heterocycles. The Bertz CT molecular complexity index is 873. The quantitative estimate of drug-likeness (QED) is 0.456. The van der Waals surface area contributed by atoms with Crippen molar-refractivity contribution in [1.29, 1.82) is 0 Å². The van der Waals surface area contributed by atoms with E-state index in [9.17, 15) is 9.59 Å². The fourth-order valence-corrected chi connectivity index (χ4v) is 11.2. The van der Waals surface area contributed by atoms with E-state index in [4.69, 9.17) is 9.47 Å². The van der Waals surface area contributed by atoms with Gasteiger partial charge in [0.2, 0.25) is 0 Å². The summed E-state index contributed by atoms with van der Waals surface area (Å²) in [6.45, 7) is 13.2. The Kier molecular flexibility index (Phi) is 6.49. The predicted octanol–water partition coefficient (Wildman–Crippen LogP) is 5.70. The van der Waals surface area contributed by atoms with Gasteiger partial charge in [-0.05, 0) is 111 Å². The Balaban J connectivity index is 1.27. The van der Waals surface area contributed by atoms with E-state index in [0.29, 0.717) is 11.8 Å². The number of nitrogens with zero attached hydrogens (tertiary/aromatic N) is 1. The van der Waals surface area contributed by atoms with Crippen LogP contribution in [0.2, 0.25) is 0 Å². The lowest BCUT2D eigenvalue weighted by Gasteiger charge is -2.57. The summed E-state index contributed by atoms with van der Waals surface area (Å²) in [6.07, 6.45) is 10.8. The maximum absolute atomic E-state index is 12.2. The van der Waals surface area contributed by atoms with Crippen LogP contribution in [0.4, 0.5) is 0 Å². The highest BCUT2D eigenvalue weighted by molar-refractivity contribution is 5.66. The minimum absolute atomic E-state index is 0.0267. The average molecular weight is 500 g/mol. The molecule has 2 heterocycles. The zero-order chi connectivity index (χ0) is 25.4. The van der Waals surface area contributed by atoms with E-state index in [1.807, 2.05) is 0 Å². The van der Waals surface area contributed by atoms with Crippen LogP contribution in [0.3, 0.4) is 0 Å². The molecule has 0 aromatic heterocycles. The smallest absolute Gasteiger partial charge is 0.302 e. The van der Waals surface area contributed by atoms with Crippen LogP contribution >= 0.6 is 0 Å². The molecule has 4 aliphatic carbocycles. The number of esters is 2. The molecule has 6 fully saturated rings. The van der Waals surface area contributed by atoms with E-state index < -0.39 is 0 Å². The molecule has 5 nitrogen and oxygen atoms in total. The number of rotatable bonds is 2. The number of hydrogen-bond acceptors (Lipinski definition) is 5. The molecule has 0 spiro atoms. The Hall–Kier alpha value is -1.10. The summed E-state index contributed by atoms with van der Waals surface area (Å²) >= 11 is 0. The van der Waals surface area contributed by atoms with Gasteiger partial charge in [-0.3, -0.25) is 14.5 Å². The third-order valence-corrected chi connectivity index (χ3v) is 12.6.